The number of aromatic nitrogens is 4. The van der Waals surface area contributed by atoms with E-state index in [1.807, 2.05) is 25.1 Å². The Hall–Kier alpha value is -2.32. The number of rotatable bonds is 4. The van der Waals surface area contributed by atoms with Gasteiger partial charge < -0.3 is 4.74 Å². The van der Waals surface area contributed by atoms with Crippen molar-refractivity contribution in [1.29, 1.82) is 0 Å². The van der Waals surface area contributed by atoms with Crippen molar-refractivity contribution < 1.29 is 4.74 Å². The van der Waals surface area contributed by atoms with E-state index >= 15 is 0 Å². The van der Waals surface area contributed by atoms with Gasteiger partial charge in [0.15, 0.2) is 5.82 Å². The summed E-state index contributed by atoms with van der Waals surface area (Å²) in [5.41, 5.74) is 0.659. The molecule has 166 valence electrons. The third kappa shape index (κ3) is 4.23. The maximum Gasteiger partial charge on any atom is 0.332 e. The standard InChI is InChI=1S/C23H31N5O3/c1-17-6-5-9-19(24-17)13-26-11-10-23(15-26)16-27-20(14-31-23)25-28(22(30)21(27)29)12-18-7-3-2-4-8-18/h5-6,9,18H,2-4,7-8,10-16H2,1H3/t23-/m0/s1. The molecule has 3 aliphatic rings. The first kappa shape index (κ1) is 20.6. The molecular weight excluding hydrogens is 394 g/mol. The van der Waals surface area contributed by atoms with Crippen LogP contribution >= 0.6 is 0 Å². The van der Waals surface area contributed by atoms with E-state index in [9.17, 15) is 9.59 Å². The van der Waals surface area contributed by atoms with Crippen molar-refractivity contribution in [1.82, 2.24) is 24.2 Å². The van der Waals surface area contributed by atoms with E-state index in [1.54, 1.807) is 4.57 Å². The van der Waals surface area contributed by atoms with Gasteiger partial charge in [-0.3, -0.25) is 24.0 Å². The fourth-order valence-corrected chi connectivity index (χ4v) is 5.37. The maximum atomic E-state index is 12.9. The average Bonchev–Trinajstić information content (AvgIpc) is 3.15. The van der Waals surface area contributed by atoms with Gasteiger partial charge in [-0.25, -0.2) is 4.68 Å². The number of hydrogen-bond acceptors (Lipinski definition) is 6. The number of fused-ring (bicyclic) bond motifs is 1. The zero-order chi connectivity index (χ0) is 21.4. The summed E-state index contributed by atoms with van der Waals surface area (Å²) in [5.74, 6) is 1.01. The quantitative estimate of drug-likeness (QED) is 0.696. The summed E-state index contributed by atoms with van der Waals surface area (Å²) in [6.45, 7) is 5.57. The van der Waals surface area contributed by atoms with Gasteiger partial charge in [-0.2, -0.15) is 5.10 Å². The van der Waals surface area contributed by atoms with Crippen LogP contribution in [0.3, 0.4) is 0 Å². The maximum absolute atomic E-state index is 12.9. The zero-order valence-electron chi connectivity index (χ0n) is 18.3. The molecule has 1 aliphatic carbocycles. The normalized spacial score (nSPS) is 24.5. The molecule has 0 bridgehead atoms. The molecule has 31 heavy (non-hydrogen) atoms. The van der Waals surface area contributed by atoms with Crippen LogP contribution in [-0.4, -0.2) is 42.9 Å². The summed E-state index contributed by atoms with van der Waals surface area (Å²) in [6.07, 6.45) is 6.71. The van der Waals surface area contributed by atoms with Crippen LogP contribution in [0, 0.1) is 12.8 Å². The van der Waals surface area contributed by atoms with Gasteiger partial charge in [0.2, 0.25) is 0 Å². The number of nitrogens with zero attached hydrogens (tertiary/aromatic N) is 5. The second-order valence-electron chi connectivity index (χ2n) is 9.50. The van der Waals surface area contributed by atoms with Crippen molar-refractivity contribution in [2.75, 3.05) is 13.1 Å². The van der Waals surface area contributed by atoms with Gasteiger partial charge in [0, 0.05) is 31.9 Å². The Morgan fingerprint density at radius 1 is 1.13 bits per heavy atom. The highest BCUT2D eigenvalue weighted by molar-refractivity contribution is 5.11. The Labute approximate surface area is 181 Å². The first-order chi connectivity index (χ1) is 15.0. The van der Waals surface area contributed by atoms with Crippen LogP contribution in [0.4, 0.5) is 0 Å². The highest BCUT2D eigenvalue weighted by Crippen LogP contribution is 2.32. The predicted octanol–water partition coefficient (Wildman–Crippen LogP) is 1.86. The Kier molecular flexibility index (Phi) is 5.52. The average molecular weight is 426 g/mol. The molecule has 0 aromatic carbocycles. The van der Waals surface area contributed by atoms with Gasteiger partial charge in [0.1, 0.15) is 12.2 Å². The van der Waals surface area contributed by atoms with Crippen molar-refractivity contribution >= 4 is 0 Å². The van der Waals surface area contributed by atoms with Crippen molar-refractivity contribution in [3.8, 4) is 0 Å². The molecule has 1 spiro atoms. The van der Waals surface area contributed by atoms with Gasteiger partial charge in [-0.1, -0.05) is 25.3 Å². The number of aryl methyl sites for hydroxylation is 1. The third-order valence-corrected chi connectivity index (χ3v) is 7.05. The molecular formula is C23H31N5O3. The molecule has 0 N–H and O–H groups in total. The molecule has 1 atom stereocenters. The molecule has 2 aliphatic heterocycles. The van der Waals surface area contributed by atoms with Crippen molar-refractivity contribution in [3.63, 3.8) is 0 Å². The fraction of sp³-hybridized carbons (Fsp3) is 0.652. The molecule has 2 aromatic rings. The van der Waals surface area contributed by atoms with E-state index in [0.717, 1.165) is 50.3 Å². The lowest BCUT2D eigenvalue weighted by molar-refractivity contribution is -0.0860. The topological polar surface area (TPSA) is 82.2 Å². The van der Waals surface area contributed by atoms with Crippen molar-refractivity contribution in [3.05, 3.63) is 56.1 Å². The Morgan fingerprint density at radius 3 is 2.77 bits per heavy atom. The van der Waals surface area contributed by atoms with Crippen LogP contribution < -0.4 is 11.1 Å². The molecule has 0 amide bonds. The Morgan fingerprint density at radius 2 is 1.97 bits per heavy atom. The van der Waals surface area contributed by atoms with Crippen LogP contribution in [0.5, 0.6) is 0 Å². The van der Waals surface area contributed by atoms with Gasteiger partial charge in [-0.05, 0) is 44.2 Å². The van der Waals surface area contributed by atoms with E-state index in [1.165, 1.54) is 23.9 Å². The molecule has 0 radical (unpaired) electrons. The zero-order valence-corrected chi connectivity index (χ0v) is 18.3. The molecule has 2 aromatic heterocycles. The van der Waals surface area contributed by atoms with Gasteiger partial charge >= 0.3 is 11.1 Å². The molecule has 4 heterocycles. The SMILES string of the molecule is Cc1cccc(CN2CC[C@]3(C2)Cn2c(nn(CC4CCCCC4)c(=O)c2=O)CO3)n1. The van der Waals surface area contributed by atoms with Crippen molar-refractivity contribution in [2.45, 2.75) is 77.3 Å². The summed E-state index contributed by atoms with van der Waals surface area (Å²) in [5, 5.41) is 4.54. The van der Waals surface area contributed by atoms with Crippen LogP contribution in [0.1, 0.15) is 55.7 Å². The number of hydrogen-bond donors (Lipinski definition) is 0. The van der Waals surface area contributed by atoms with E-state index in [-0.39, 0.29) is 6.61 Å². The van der Waals surface area contributed by atoms with Crippen molar-refractivity contribution in [2.24, 2.45) is 5.92 Å². The first-order valence-corrected chi connectivity index (χ1v) is 11.5. The van der Waals surface area contributed by atoms with Gasteiger partial charge in [0.25, 0.3) is 0 Å². The number of pyridine rings is 1. The summed E-state index contributed by atoms with van der Waals surface area (Å²) in [7, 11) is 0. The fourth-order valence-electron chi connectivity index (χ4n) is 5.37. The smallest absolute Gasteiger partial charge is 0.332 e. The van der Waals surface area contributed by atoms with Crippen LogP contribution in [0.25, 0.3) is 0 Å². The lowest BCUT2D eigenvalue weighted by Crippen LogP contribution is -2.53. The van der Waals surface area contributed by atoms with E-state index in [0.29, 0.717) is 24.8 Å². The van der Waals surface area contributed by atoms with Crippen LogP contribution in [0.15, 0.2) is 27.8 Å². The summed E-state index contributed by atoms with van der Waals surface area (Å²) < 4.78 is 9.25. The molecule has 1 saturated heterocycles. The highest BCUT2D eigenvalue weighted by atomic mass is 16.5. The van der Waals surface area contributed by atoms with Crippen LogP contribution in [0.2, 0.25) is 0 Å². The van der Waals surface area contributed by atoms with Gasteiger partial charge in [-0.15, -0.1) is 0 Å². The summed E-state index contributed by atoms with van der Waals surface area (Å²) in [6, 6.07) is 6.06. The second kappa shape index (κ2) is 8.31. The minimum Gasteiger partial charge on any atom is -0.364 e. The first-order valence-electron chi connectivity index (χ1n) is 11.5. The molecule has 2 fully saturated rings. The van der Waals surface area contributed by atoms with Crippen LogP contribution in [-0.2, 0) is 31.0 Å². The van der Waals surface area contributed by atoms with E-state index in [2.05, 4.69) is 15.0 Å². The minimum atomic E-state index is -0.495. The summed E-state index contributed by atoms with van der Waals surface area (Å²) >= 11 is 0. The molecule has 0 unspecified atom stereocenters. The molecule has 5 rings (SSSR count). The molecule has 8 nitrogen and oxygen atoms in total. The molecule has 8 heteroatoms. The Balaban J connectivity index is 1.32. The third-order valence-electron chi connectivity index (χ3n) is 7.05. The largest absolute Gasteiger partial charge is 0.364 e. The molecule has 1 saturated carbocycles. The lowest BCUT2D eigenvalue weighted by Gasteiger charge is -2.35. The monoisotopic (exact) mass is 425 g/mol. The van der Waals surface area contributed by atoms with E-state index < -0.39 is 16.7 Å². The second-order valence-corrected chi connectivity index (χ2v) is 9.50. The summed E-state index contributed by atoms with van der Waals surface area (Å²) in [4.78, 5) is 32.6. The Bertz CT molecular complexity index is 1070. The number of likely N-dealkylation sites (tertiary alicyclic amines) is 1. The minimum absolute atomic E-state index is 0.275. The van der Waals surface area contributed by atoms with E-state index in [4.69, 9.17) is 4.74 Å². The van der Waals surface area contributed by atoms with Gasteiger partial charge in [0.05, 0.1) is 12.2 Å². The highest BCUT2D eigenvalue weighted by Gasteiger charge is 2.43. The predicted molar refractivity (Wildman–Crippen MR) is 116 cm³/mol. The lowest BCUT2D eigenvalue weighted by atomic mass is 9.89. The number of ether oxygens (including phenoxy) is 1.